The zero-order valence-electron chi connectivity index (χ0n) is 8.86. The molecule has 0 atom stereocenters. The molecule has 0 aliphatic carbocycles. The van der Waals surface area contributed by atoms with E-state index in [9.17, 15) is 0 Å². The highest BCUT2D eigenvalue weighted by atomic mass is 35.5. The molecule has 2 nitrogen and oxygen atoms in total. The van der Waals surface area contributed by atoms with Gasteiger partial charge in [-0.2, -0.15) is 0 Å². The lowest BCUT2D eigenvalue weighted by Crippen LogP contribution is -1.98. The number of benzene rings is 1. The van der Waals surface area contributed by atoms with Crippen molar-refractivity contribution in [2.24, 2.45) is 0 Å². The third-order valence-corrected chi connectivity index (χ3v) is 2.93. The number of rotatable bonds is 3. The van der Waals surface area contributed by atoms with Crippen LogP contribution < -0.4 is 5.73 Å². The molecule has 1 aromatic heterocycles. The van der Waals surface area contributed by atoms with E-state index < -0.39 is 0 Å². The largest absolute Gasteiger partial charge is 0.398 e. The topological polar surface area (TPSA) is 38.9 Å². The van der Waals surface area contributed by atoms with Crippen LogP contribution in [0.5, 0.6) is 0 Å². The molecule has 3 heteroatoms. The van der Waals surface area contributed by atoms with Crippen LogP contribution in [-0.4, -0.2) is 4.98 Å². The fourth-order valence-corrected chi connectivity index (χ4v) is 1.85. The van der Waals surface area contributed by atoms with Crippen LogP contribution in [0.25, 0.3) is 0 Å². The monoisotopic (exact) mass is 232 g/mol. The number of pyridine rings is 1. The van der Waals surface area contributed by atoms with Gasteiger partial charge in [0.05, 0.1) is 0 Å². The predicted molar refractivity (Wildman–Crippen MR) is 67.5 cm³/mol. The number of nitrogens with zero attached hydrogens (tertiary/aromatic N) is 1. The summed E-state index contributed by atoms with van der Waals surface area (Å²) in [5.41, 5.74) is 8.86. The van der Waals surface area contributed by atoms with Gasteiger partial charge in [0.2, 0.25) is 0 Å². The van der Waals surface area contributed by atoms with Gasteiger partial charge in [-0.25, -0.2) is 0 Å². The summed E-state index contributed by atoms with van der Waals surface area (Å²) in [7, 11) is 0. The molecule has 1 heterocycles. The average molecular weight is 233 g/mol. The smallest absolute Gasteiger partial charge is 0.0438 e. The van der Waals surface area contributed by atoms with Gasteiger partial charge in [0.25, 0.3) is 0 Å². The van der Waals surface area contributed by atoms with Gasteiger partial charge >= 0.3 is 0 Å². The Hall–Kier alpha value is -1.54. The van der Waals surface area contributed by atoms with Crippen LogP contribution in [0.15, 0.2) is 42.7 Å². The lowest BCUT2D eigenvalue weighted by atomic mass is 10.0. The minimum atomic E-state index is 0.794. The summed E-state index contributed by atoms with van der Waals surface area (Å²) in [6.45, 7) is 0. The van der Waals surface area contributed by atoms with E-state index >= 15 is 0 Å². The number of nitrogen functional groups attached to an aromatic ring is 1. The van der Waals surface area contributed by atoms with Crippen molar-refractivity contribution < 1.29 is 0 Å². The SMILES string of the molecule is Nc1ccncc1CCc1ccccc1Cl. The van der Waals surface area contributed by atoms with E-state index in [0.717, 1.165) is 34.7 Å². The zero-order chi connectivity index (χ0) is 11.4. The second-order valence-electron chi connectivity index (χ2n) is 3.67. The quantitative estimate of drug-likeness (QED) is 0.883. The molecule has 16 heavy (non-hydrogen) atoms. The summed E-state index contributed by atoms with van der Waals surface area (Å²) in [6, 6.07) is 9.69. The molecule has 82 valence electrons. The van der Waals surface area contributed by atoms with Gasteiger partial charge in [-0.3, -0.25) is 4.98 Å². The van der Waals surface area contributed by atoms with Gasteiger partial charge in [0, 0.05) is 23.1 Å². The molecule has 0 aliphatic rings. The number of hydrogen-bond acceptors (Lipinski definition) is 2. The van der Waals surface area contributed by atoms with Crippen LogP contribution in [0.2, 0.25) is 5.02 Å². The van der Waals surface area contributed by atoms with Crippen molar-refractivity contribution in [2.75, 3.05) is 5.73 Å². The maximum absolute atomic E-state index is 6.08. The first-order valence-electron chi connectivity index (χ1n) is 5.19. The van der Waals surface area contributed by atoms with E-state index in [0.29, 0.717) is 0 Å². The number of hydrogen-bond donors (Lipinski definition) is 1. The Balaban J connectivity index is 2.09. The standard InChI is InChI=1S/C13H13ClN2/c14-12-4-2-1-3-10(12)5-6-11-9-16-8-7-13(11)15/h1-4,7-9H,5-6H2,(H2,15,16). The normalized spacial score (nSPS) is 10.3. The first-order chi connectivity index (χ1) is 7.77. The van der Waals surface area contributed by atoms with E-state index in [4.69, 9.17) is 17.3 Å². The molecule has 0 fully saturated rings. The molecule has 0 unspecified atom stereocenters. The fourth-order valence-electron chi connectivity index (χ4n) is 1.62. The fraction of sp³-hybridized carbons (Fsp3) is 0.154. The van der Waals surface area contributed by atoms with Crippen molar-refractivity contribution in [2.45, 2.75) is 12.8 Å². The van der Waals surface area contributed by atoms with Crippen LogP contribution in [0.1, 0.15) is 11.1 Å². The predicted octanol–water partition coefficient (Wildman–Crippen LogP) is 3.10. The Morgan fingerprint density at radius 1 is 1.06 bits per heavy atom. The van der Waals surface area contributed by atoms with Crippen molar-refractivity contribution >= 4 is 17.3 Å². The summed E-state index contributed by atoms with van der Waals surface area (Å²) in [5, 5.41) is 0.810. The van der Waals surface area contributed by atoms with Gasteiger partial charge in [-0.15, -0.1) is 0 Å². The van der Waals surface area contributed by atoms with E-state index in [1.165, 1.54) is 0 Å². The molecule has 1 aromatic carbocycles. The molecular formula is C13H13ClN2. The maximum atomic E-state index is 6.08. The van der Waals surface area contributed by atoms with E-state index in [1.54, 1.807) is 6.20 Å². The Bertz CT molecular complexity index is 437. The minimum absolute atomic E-state index is 0.794. The van der Waals surface area contributed by atoms with Crippen molar-refractivity contribution in [3.05, 3.63) is 58.9 Å². The first-order valence-corrected chi connectivity index (χ1v) is 5.57. The van der Waals surface area contributed by atoms with E-state index in [2.05, 4.69) is 4.98 Å². The van der Waals surface area contributed by atoms with Gasteiger partial charge < -0.3 is 5.73 Å². The molecule has 0 radical (unpaired) electrons. The third kappa shape index (κ3) is 2.52. The first kappa shape index (κ1) is 11.0. The molecule has 2 aromatic rings. The lowest BCUT2D eigenvalue weighted by Gasteiger charge is -2.06. The summed E-state index contributed by atoms with van der Waals surface area (Å²) in [4.78, 5) is 4.07. The van der Waals surface area contributed by atoms with Crippen molar-refractivity contribution in [3.63, 3.8) is 0 Å². The highest BCUT2D eigenvalue weighted by molar-refractivity contribution is 6.31. The molecular weight excluding hydrogens is 220 g/mol. The highest BCUT2D eigenvalue weighted by Gasteiger charge is 2.02. The average Bonchev–Trinajstić information content (AvgIpc) is 2.30. The Morgan fingerprint density at radius 2 is 1.81 bits per heavy atom. The molecule has 0 saturated carbocycles. The Kier molecular flexibility index (Phi) is 3.42. The summed E-state index contributed by atoms with van der Waals surface area (Å²) < 4.78 is 0. The molecule has 0 spiro atoms. The summed E-state index contributed by atoms with van der Waals surface area (Å²) in [5.74, 6) is 0. The number of nitrogens with two attached hydrogens (primary N) is 1. The number of aryl methyl sites for hydroxylation is 2. The van der Waals surface area contributed by atoms with E-state index in [-0.39, 0.29) is 0 Å². The number of aromatic nitrogens is 1. The molecule has 2 N–H and O–H groups in total. The van der Waals surface area contributed by atoms with Crippen molar-refractivity contribution in [1.29, 1.82) is 0 Å². The third-order valence-electron chi connectivity index (χ3n) is 2.56. The molecule has 0 saturated heterocycles. The number of anilines is 1. The Labute approximate surface area is 100 Å². The molecule has 2 rings (SSSR count). The van der Waals surface area contributed by atoms with Gasteiger partial charge in [-0.05, 0) is 36.1 Å². The second-order valence-corrected chi connectivity index (χ2v) is 4.07. The van der Waals surface area contributed by atoms with E-state index in [1.807, 2.05) is 36.5 Å². The molecule has 0 amide bonds. The zero-order valence-corrected chi connectivity index (χ0v) is 9.61. The van der Waals surface area contributed by atoms with Crippen molar-refractivity contribution in [1.82, 2.24) is 4.98 Å². The second kappa shape index (κ2) is 4.99. The highest BCUT2D eigenvalue weighted by Crippen LogP contribution is 2.18. The summed E-state index contributed by atoms with van der Waals surface area (Å²) in [6.07, 6.45) is 5.26. The van der Waals surface area contributed by atoms with Gasteiger partial charge in [-0.1, -0.05) is 29.8 Å². The van der Waals surface area contributed by atoms with Gasteiger partial charge in [0.15, 0.2) is 0 Å². The van der Waals surface area contributed by atoms with Crippen LogP contribution in [0.3, 0.4) is 0 Å². The lowest BCUT2D eigenvalue weighted by molar-refractivity contribution is 0.953. The van der Waals surface area contributed by atoms with Crippen LogP contribution in [-0.2, 0) is 12.8 Å². The minimum Gasteiger partial charge on any atom is -0.398 e. The maximum Gasteiger partial charge on any atom is 0.0438 e. The van der Waals surface area contributed by atoms with Crippen LogP contribution in [0.4, 0.5) is 5.69 Å². The van der Waals surface area contributed by atoms with Crippen LogP contribution >= 0.6 is 11.6 Å². The molecule has 0 aliphatic heterocycles. The van der Waals surface area contributed by atoms with Crippen molar-refractivity contribution in [3.8, 4) is 0 Å². The Morgan fingerprint density at radius 3 is 2.56 bits per heavy atom. The van der Waals surface area contributed by atoms with Crippen LogP contribution in [0, 0.1) is 0 Å². The van der Waals surface area contributed by atoms with Gasteiger partial charge in [0.1, 0.15) is 0 Å². The summed E-state index contributed by atoms with van der Waals surface area (Å²) >= 11 is 6.08. The molecule has 0 bridgehead atoms. The number of halogens is 1.